The van der Waals surface area contributed by atoms with Crippen molar-refractivity contribution in [1.82, 2.24) is 10.2 Å². The van der Waals surface area contributed by atoms with Crippen molar-refractivity contribution in [3.8, 4) is 11.5 Å². The molecule has 0 bridgehead atoms. The third kappa shape index (κ3) is 7.64. The third-order valence-electron chi connectivity index (χ3n) is 7.17. The van der Waals surface area contributed by atoms with Gasteiger partial charge in [-0.3, -0.25) is 13.9 Å². The summed E-state index contributed by atoms with van der Waals surface area (Å²) in [5.74, 6) is -0.571. The predicted molar refractivity (Wildman–Crippen MR) is 162 cm³/mol. The van der Waals surface area contributed by atoms with Crippen LogP contribution in [0.1, 0.15) is 38.3 Å². The smallest absolute Gasteiger partial charge is 0.264 e. The summed E-state index contributed by atoms with van der Waals surface area (Å²) < 4.78 is 54.2. The first-order chi connectivity index (χ1) is 20.5. The van der Waals surface area contributed by atoms with E-state index in [1.54, 1.807) is 6.92 Å². The van der Waals surface area contributed by atoms with E-state index in [-0.39, 0.29) is 41.3 Å². The number of carbonyl (C=O) groups excluding carboxylic acids is 2. The van der Waals surface area contributed by atoms with Crippen LogP contribution in [0.2, 0.25) is 0 Å². The Balaban J connectivity index is 1.74. The first kappa shape index (κ1) is 31.8. The second-order valence-corrected chi connectivity index (χ2v) is 12.7. The highest BCUT2D eigenvalue weighted by Crippen LogP contribution is 2.34. The summed E-state index contributed by atoms with van der Waals surface area (Å²) in [6.07, 6.45) is 0.313. The molecule has 0 fully saturated rings. The summed E-state index contributed by atoms with van der Waals surface area (Å²) >= 11 is 0. The molecule has 1 aliphatic heterocycles. The Kier molecular flexibility index (Phi) is 10.3. The van der Waals surface area contributed by atoms with Crippen LogP contribution in [-0.4, -0.2) is 57.5 Å². The van der Waals surface area contributed by atoms with E-state index in [0.717, 1.165) is 27.6 Å². The second-order valence-electron chi connectivity index (χ2n) is 10.8. The number of amides is 2. The van der Waals surface area contributed by atoms with Crippen LogP contribution in [0, 0.1) is 18.7 Å². The lowest BCUT2D eigenvalue weighted by Gasteiger charge is -2.33. The molecule has 0 radical (unpaired) electrons. The lowest BCUT2D eigenvalue weighted by atomic mass is 10.1. The van der Waals surface area contributed by atoms with Gasteiger partial charge in [-0.05, 0) is 66.8 Å². The maximum absolute atomic E-state index is 14.2. The van der Waals surface area contributed by atoms with Gasteiger partial charge in [0.25, 0.3) is 10.0 Å². The highest BCUT2D eigenvalue weighted by molar-refractivity contribution is 7.92. The minimum Gasteiger partial charge on any atom is -0.486 e. The van der Waals surface area contributed by atoms with Gasteiger partial charge in [0, 0.05) is 19.2 Å². The number of rotatable bonds is 12. The van der Waals surface area contributed by atoms with Gasteiger partial charge in [0.1, 0.15) is 31.6 Å². The Bertz CT molecular complexity index is 1540. The summed E-state index contributed by atoms with van der Waals surface area (Å²) in [4.78, 5) is 28.8. The molecule has 9 nitrogen and oxygen atoms in total. The van der Waals surface area contributed by atoms with Crippen molar-refractivity contribution in [2.24, 2.45) is 5.92 Å². The molecule has 43 heavy (non-hydrogen) atoms. The number of carbonyl (C=O) groups is 2. The van der Waals surface area contributed by atoms with Crippen molar-refractivity contribution in [2.75, 3.05) is 30.6 Å². The van der Waals surface area contributed by atoms with Gasteiger partial charge in [0.15, 0.2) is 11.5 Å². The molecule has 0 saturated heterocycles. The number of halogens is 1. The summed E-state index contributed by atoms with van der Waals surface area (Å²) in [5, 5.41) is 2.91. The minimum atomic E-state index is -4.36. The summed E-state index contributed by atoms with van der Waals surface area (Å²) in [6, 6.07) is 15.8. The summed E-state index contributed by atoms with van der Waals surface area (Å²) in [7, 11) is -4.36. The van der Waals surface area contributed by atoms with Gasteiger partial charge in [-0.2, -0.15) is 0 Å². The predicted octanol–water partition coefficient (Wildman–Crippen LogP) is 4.68. The molecule has 4 rings (SSSR count). The normalized spacial score (nSPS) is 13.3. The molecule has 0 aliphatic carbocycles. The van der Waals surface area contributed by atoms with E-state index in [1.165, 1.54) is 35.2 Å². The fourth-order valence-electron chi connectivity index (χ4n) is 4.76. The Hall–Kier alpha value is -4.12. The zero-order valence-corrected chi connectivity index (χ0v) is 25.7. The van der Waals surface area contributed by atoms with Crippen LogP contribution in [0.15, 0.2) is 71.6 Å². The molecular weight excluding hydrogens is 573 g/mol. The molecular formula is C32H38FN3O6S. The molecule has 1 heterocycles. The van der Waals surface area contributed by atoms with Crippen LogP contribution in [0.5, 0.6) is 11.5 Å². The van der Waals surface area contributed by atoms with Gasteiger partial charge in [-0.15, -0.1) is 0 Å². The maximum Gasteiger partial charge on any atom is 0.264 e. The number of ether oxygens (including phenoxy) is 2. The van der Waals surface area contributed by atoms with E-state index in [0.29, 0.717) is 25.3 Å². The van der Waals surface area contributed by atoms with E-state index in [1.807, 2.05) is 45.0 Å². The van der Waals surface area contributed by atoms with Crippen LogP contribution in [0.25, 0.3) is 0 Å². The van der Waals surface area contributed by atoms with E-state index in [4.69, 9.17) is 9.47 Å². The van der Waals surface area contributed by atoms with Gasteiger partial charge in [-0.1, -0.05) is 45.0 Å². The first-order valence-corrected chi connectivity index (χ1v) is 15.7. The fraction of sp³-hybridized carbons (Fsp3) is 0.375. The molecule has 11 heteroatoms. The molecule has 0 spiro atoms. The monoisotopic (exact) mass is 611 g/mol. The van der Waals surface area contributed by atoms with Crippen LogP contribution in [0.3, 0.4) is 0 Å². The van der Waals surface area contributed by atoms with Crippen molar-refractivity contribution in [2.45, 2.75) is 51.6 Å². The molecule has 3 aromatic rings. The Morgan fingerprint density at radius 1 is 0.977 bits per heavy atom. The molecule has 0 saturated carbocycles. The Morgan fingerprint density at radius 3 is 2.30 bits per heavy atom. The molecule has 0 unspecified atom stereocenters. The number of fused-ring (bicyclic) bond motifs is 1. The van der Waals surface area contributed by atoms with Crippen molar-refractivity contribution in [1.29, 1.82) is 0 Å². The average Bonchev–Trinajstić information content (AvgIpc) is 2.99. The van der Waals surface area contributed by atoms with E-state index in [2.05, 4.69) is 5.32 Å². The van der Waals surface area contributed by atoms with Crippen molar-refractivity contribution in [3.05, 3.63) is 83.7 Å². The third-order valence-corrected chi connectivity index (χ3v) is 8.94. The fourth-order valence-corrected chi connectivity index (χ4v) is 6.19. The number of anilines is 1. The molecule has 0 aromatic heterocycles. The molecule has 230 valence electrons. The lowest BCUT2D eigenvalue weighted by molar-refractivity contribution is -0.140. The standard InChI is InChI=1S/C32H38FN3O6S/c1-5-28(32(38)34-19-22(2)3)35(20-24-9-7-6-8-23(24)4)31(37)21-36(26-12-10-25(33)11-13-26)43(39,40)27-14-15-29-30(18-27)42-17-16-41-29/h6-15,18,22,28H,5,16-17,19-21H2,1-4H3,(H,34,38)/t28-/m0/s1. The quantitative estimate of drug-likeness (QED) is 0.319. The van der Waals surface area contributed by atoms with Crippen LogP contribution >= 0.6 is 0 Å². The Labute approximate surface area is 252 Å². The number of hydrogen-bond donors (Lipinski definition) is 1. The van der Waals surface area contributed by atoms with Crippen molar-refractivity contribution in [3.63, 3.8) is 0 Å². The van der Waals surface area contributed by atoms with E-state index >= 15 is 0 Å². The van der Waals surface area contributed by atoms with Gasteiger partial charge < -0.3 is 19.7 Å². The largest absolute Gasteiger partial charge is 0.486 e. The minimum absolute atomic E-state index is 0.0952. The zero-order chi connectivity index (χ0) is 31.1. The number of benzene rings is 3. The zero-order valence-electron chi connectivity index (χ0n) is 24.9. The SMILES string of the molecule is CC[C@@H](C(=O)NCC(C)C)N(Cc1ccccc1C)C(=O)CN(c1ccc(F)cc1)S(=O)(=O)c1ccc2c(c1)OCCO2. The average molecular weight is 612 g/mol. The van der Waals surface area contributed by atoms with E-state index in [9.17, 15) is 22.4 Å². The van der Waals surface area contributed by atoms with Gasteiger partial charge >= 0.3 is 0 Å². The van der Waals surface area contributed by atoms with Crippen LogP contribution in [0.4, 0.5) is 10.1 Å². The summed E-state index contributed by atoms with van der Waals surface area (Å²) in [6.45, 7) is 8.18. The molecule has 3 aromatic carbocycles. The lowest BCUT2D eigenvalue weighted by Crippen LogP contribution is -2.52. The number of nitrogens with zero attached hydrogens (tertiary/aromatic N) is 2. The summed E-state index contributed by atoms with van der Waals surface area (Å²) in [5.41, 5.74) is 1.85. The first-order valence-electron chi connectivity index (χ1n) is 14.3. The van der Waals surface area contributed by atoms with Crippen LogP contribution < -0.4 is 19.1 Å². The van der Waals surface area contributed by atoms with Crippen molar-refractivity contribution < 1.29 is 31.9 Å². The maximum atomic E-state index is 14.2. The number of nitrogens with one attached hydrogen (secondary N) is 1. The second kappa shape index (κ2) is 13.9. The van der Waals surface area contributed by atoms with E-state index < -0.39 is 34.3 Å². The van der Waals surface area contributed by atoms with Gasteiger partial charge in [0.2, 0.25) is 11.8 Å². The number of sulfonamides is 1. The molecule has 1 aliphatic rings. The van der Waals surface area contributed by atoms with Crippen molar-refractivity contribution >= 4 is 27.5 Å². The number of hydrogen-bond acceptors (Lipinski definition) is 6. The topological polar surface area (TPSA) is 105 Å². The van der Waals surface area contributed by atoms with Gasteiger partial charge in [-0.25, -0.2) is 12.8 Å². The molecule has 2 amide bonds. The Morgan fingerprint density at radius 2 is 1.65 bits per heavy atom. The van der Waals surface area contributed by atoms with Crippen LogP contribution in [-0.2, 0) is 26.2 Å². The molecule has 1 N–H and O–H groups in total. The highest BCUT2D eigenvalue weighted by Gasteiger charge is 2.34. The van der Waals surface area contributed by atoms with Gasteiger partial charge in [0.05, 0.1) is 10.6 Å². The highest BCUT2D eigenvalue weighted by atomic mass is 32.2. The molecule has 1 atom stereocenters. The number of aryl methyl sites for hydroxylation is 1.